The number of rotatable bonds is 6. The number of fused-ring (bicyclic) bond motifs is 3. The van der Waals surface area contributed by atoms with Gasteiger partial charge >= 0.3 is 0 Å². The molecule has 0 bridgehead atoms. The zero-order valence-corrected chi connectivity index (χ0v) is 17.0. The first-order valence-corrected chi connectivity index (χ1v) is 10.2. The Balaban J connectivity index is 1.86. The van der Waals surface area contributed by atoms with Crippen molar-refractivity contribution in [3.63, 3.8) is 0 Å². The van der Waals surface area contributed by atoms with Crippen LogP contribution in [-0.4, -0.2) is 16.5 Å². The molecule has 2 aliphatic rings. The Morgan fingerprint density at radius 2 is 2.11 bits per heavy atom. The number of phenols is 1. The van der Waals surface area contributed by atoms with E-state index in [9.17, 15) is 9.90 Å². The predicted octanol–water partition coefficient (Wildman–Crippen LogP) is 6.17. The Labute approximate surface area is 163 Å². The summed E-state index contributed by atoms with van der Waals surface area (Å²) in [5.74, 6) is 1.82. The molecule has 3 heteroatoms. The fraction of sp³-hybridized carbons (Fsp3) is 0.542. The van der Waals surface area contributed by atoms with E-state index in [0.717, 1.165) is 49.0 Å². The molecule has 27 heavy (non-hydrogen) atoms. The van der Waals surface area contributed by atoms with Crippen LogP contribution in [-0.2, 0) is 4.79 Å². The van der Waals surface area contributed by atoms with Crippen molar-refractivity contribution < 1.29 is 14.6 Å². The minimum Gasteiger partial charge on any atom is -0.507 e. The summed E-state index contributed by atoms with van der Waals surface area (Å²) in [6.45, 7) is 8.57. The molecule has 0 spiro atoms. The van der Waals surface area contributed by atoms with Crippen LogP contribution in [0.2, 0.25) is 0 Å². The molecular formula is C24H32O3. The Hall–Kier alpha value is -2.03. The van der Waals surface area contributed by atoms with Crippen molar-refractivity contribution in [2.75, 3.05) is 0 Å². The van der Waals surface area contributed by atoms with Gasteiger partial charge in [-0.3, -0.25) is 4.79 Å². The second-order valence-electron chi connectivity index (χ2n) is 8.62. The van der Waals surface area contributed by atoms with E-state index in [-0.39, 0.29) is 23.1 Å². The first-order chi connectivity index (χ1) is 12.8. The summed E-state index contributed by atoms with van der Waals surface area (Å²) < 4.78 is 6.32. The number of hydrogen-bond donors (Lipinski definition) is 1. The molecule has 0 saturated heterocycles. The minimum atomic E-state index is -0.278. The van der Waals surface area contributed by atoms with Crippen molar-refractivity contribution in [2.45, 2.75) is 77.7 Å². The van der Waals surface area contributed by atoms with Crippen LogP contribution in [0.3, 0.4) is 0 Å². The van der Waals surface area contributed by atoms with Gasteiger partial charge in [0, 0.05) is 23.8 Å². The number of aromatic hydroxyl groups is 1. The van der Waals surface area contributed by atoms with Crippen LogP contribution < -0.4 is 4.74 Å². The van der Waals surface area contributed by atoms with Gasteiger partial charge in [-0.15, -0.1) is 0 Å². The van der Waals surface area contributed by atoms with Gasteiger partial charge in [0.1, 0.15) is 17.1 Å². The maximum Gasteiger partial charge on any atom is 0.155 e. The van der Waals surface area contributed by atoms with Crippen molar-refractivity contribution in [2.24, 2.45) is 5.92 Å². The molecule has 1 aromatic carbocycles. The second-order valence-corrected chi connectivity index (χ2v) is 8.62. The molecule has 0 amide bonds. The number of allylic oxidation sites excluding steroid dienone is 3. The highest BCUT2D eigenvalue weighted by molar-refractivity contribution is 5.93. The monoisotopic (exact) mass is 368 g/mol. The van der Waals surface area contributed by atoms with Crippen LogP contribution >= 0.6 is 0 Å². The van der Waals surface area contributed by atoms with Crippen LogP contribution in [0, 0.1) is 5.92 Å². The Morgan fingerprint density at radius 3 is 2.85 bits per heavy atom. The van der Waals surface area contributed by atoms with Gasteiger partial charge < -0.3 is 9.84 Å². The molecule has 3 rings (SSSR count). The third kappa shape index (κ3) is 4.28. The number of ether oxygens (including phenoxy) is 1. The maximum absolute atomic E-state index is 12.0. The van der Waals surface area contributed by atoms with Gasteiger partial charge in [-0.2, -0.15) is 0 Å². The van der Waals surface area contributed by atoms with E-state index in [2.05, 4.69) is 33.8 Å². The summed E-state index contributed by atoms with van der Waals surface area (Å²) in [5, 5.41) is 10.8. The topological polar surface area (TPSA) is 46.5 Å². The summed E-state index contributed by atoms with van der Waals surface area (Å²) in [4.78, 5) is 12.0. The lowest BCUT2D eigenvalue weighted by molar-refractivity contribution is -0.114. The lowest BCUT2D eigenvalue weighted by atomic mass is 9.67. The van der Waals surface area contributed by atoms with Crippen molar-refractivity contribution in [3.05, 3.63) is 41.0 Å². The summed E-state index contributed by atoms with van der Waals surface area (Å²) in [6, 6.07) is 3.73. The highest BCUT2D eigenvalue weighted by Crippen LogP contribution is 2.54. The van der Waals surface area contributed by atoms with Crippen molar-refractivity contribution in [1.82, 2.24) is 0 Å². The molecule has 2 unspecified atom stereocenters. The van der Waals surface area contributed by atoms with Crippen LogP contribution in [0.15, 0.2) is 29.9 Å². The van der Waals surface area contributed by atoms with Crippen LogP contribution in [0.1, 0.15) is 83.3 Å². The number of phenolic OH excluding ortho intramolecular Hbond substituents is 1. The van der Waals surface area contributed by atoms with Gasteiger partial charge in [0.05, 0.1) is 0 Å². The van der Waals surface area contributed by atoms with Gasteiger partial charge in [-0.05, 0) is 63.8 Å². The molecule has 1 heterocycles. The molecule has 2 atom stereocenters. The first-order valence-electron chi connectivity index (χ1n) is 10.2. The number of hydrogen-bond acceptors (Lipinski definition) is 3. The summed E-state index contributed by atoms with van der Waals surface area (Å²) >= 11 is 0. The molecule has 0 aromatic heterocycles. The van der Waals surface area contributed by atoms with Crippen LogP contribution in [0.25, 0.3) is 6.08 Å². The van der Waals surface area contributed by atoms with E-state index in [1.54, 1.807) is 18.2 Å². The lowest BCUT2D eigenvalue weighted by Gasteiger charge is -2.47. The van der Waals surface area contributed by atoms with Gasteiger partial charge in [0.25, 0.3) is 0 Å². The van der Waals surface area contributed by atoms with E-state index >= 15 is 0 Å². The largest absolute Gasteiger partial charge is 0.507 e. The van der Waals surface area contributed by atoms with E-state index in [1.165, 1.54) is 5.57 Å². The van der Waals surface area contributed by atoms with Crippen molar-refractivity contribution >= 4 is 11.9 Å². The van der Waals surface area contributed by atoms with E-state index in [0.29, 0.717) is 12.3 Å². The predicted molar refractivity (Wildman–Crippen MR) is 110 cm³/mol. The Bertz CT molecular complexity index is 770. The second kappa shape index (κ2) is 7.92. The van der Waals surface area contributed by atoms with Crippen molar-refractivity contribution in [3.8, 4) is 11.5 Å². The summed E-state index contributed by atoms with van der Waals surface area (Å²) in [5.41, 5.74) is 2.84. The third-order valence-electron chi connectivity index (χ3n) is 6.02. The van der Waals surface area contributed by atoms with Gasteiger partial charge in [0.2, 0.25) is 0 Å². The highest BCUT2D eigenvalue weighted by atomic mass is 16.5. The minimum absolute atomic E-state index is 0.134. The molecule has 146 valence electrons. The lowest BCUT2D eigenvalue weighted by Crippen LogP contribution is -2.45. The smallest absolute Gasteiger partial charge is 0.155 e. The van der Waals surface area contributed by atoms with E-state index in [1.807, 2.05) is 6.07 Å². The number of carbonyl (C=O) groups is 1. The Kier molecular flexibility index (Phi) is 5.78. The average Bonchev–Trinajstić information content (AvgIpc) is 2.59. The number of carbonyl (C=O) groups excluding carboxylic acids is 1. The van der Waals surface area contributed by atoms with Crippen LogP contribution in [0.5, 0.6) is 11.5 Å². The third-order valence-corrected chi connectivity index (χ3v) is 6.02. The number of ketones is 1. The molecule has 1 aliphatic heterocycles. The quantitative estimate of drug-likeness (QED) is 0.371. The van der Waals surface area contributed by atoms with E-state index < -0.39 is 0 Å². The van der Waals surface area contributed by atoms with E-state index in [4.69, 9.17) is 4.74 Å². The fourth-order valence-corrected chi connectivity index (χ4v) is 4.50. The highest BCUT2D eigenvalue weighted by Gasteiger charge is 2.45. The molecule has 1 aromatic rings. The fourth-order valence-electron chi connectivity index (χ4n) is 4.50. The molecule has 0 radical (unpaired) electrons. The van der Waals surface area contributed by atoms with Gasteiger partial charge in [-0.1, -0.05) is 37.5 Å². The maximum atomic E-state index is 12.0. The first kappa shape index (κ1) is 19.7. The summed E-state index contributed by atoms with van der Waals surface area (Å²) in [6.07, 6.45) is 11.4. The molecule has 0 fully saturated rings. The molecule has 0 saturated carbocycles. The molecule has 1 N–H and O–H groups in total. The number of benzene rings is 1. The number of unbranched alkanes of at least 4 members (excludes halogenated alkanes) is 2. The zero-order chi connectivity index (χ0) is 19.6. The standard InChI is InChI=1S/C24H32O3/c1-5-6-7-8-18(25)11-10-17-14-21(26)23-19-13-16(2)9-12-20(19)24(3,4)27-22(23)15-17/h9-11,14-15,19-20,26H,5-8,12-13H2,1-4H3. The molecule has 1 aliphatic carbocycles. The average molecular weight is 369 g/mol. The molecule has 3 nitrogen and oxygen atoms in total. The SMILES string of the molecule is CCCCCC(=O)C=Cc1cc(O)c2c(c1)OC(C)(C)C1CC=C(C)CC21. The van der Waals surface area contributed by atoms with Crippen LogP contribution in [0.4, 0.5) is 0 Å². The zero-order valence-electron chi connectivity index (χ0n) is 17.0. The van der Waals surface area contributed by atoms with Gasteiger partial charge in [0.15, 0.2) is 5.78 Å². The van der Waals surface area contributed by atoms with Gasteiger partial charge in [-0.25, -0.2) is 0 Å². The van der Waals surface area contributed by atoms with Crippen molar-refractivity contribution in [1.29, 1.82) is 0 Å². The summed E-state index contributed by atoms with van der Waals surface area (Å²) in [7, 11) is 0. The normalized spacial score (nSPS) is 23.3. The molecular weight excluding hydrogens is 336 g/mol. The Morgan fingerprint density at radius 1 is 1.33 bits per heavy atom.